The second-order valence-electron chi connectivity index (χ2n) is 4.90. The topological polar surface area (TPSA) is 46.3 Å². The van der Waals surface area contributed by atoms with E-state index in [0.29, 0.717) is 18.9 Å². The highest BCUT2D eigenvalue weighted by molar-refractivity contribution is 5.94. The average Bonchev–Trinajstić information content (AvgIpc) is 2.35. The maximum Gasteiger partial charge on any atom is 0.256 e. The van der Waals surface area contributed by atoms with Crippen LogP contribution in [0.5, 0.6) is 0 Å². The van der Waals surface area contributed by atoms with E-state index >= 15 is 0 Å². The molecule has 1 unspecified atom stereocenters. The maximum absolute atomic E-state index is 13.5. The molecule has 0 radical (unpaired) electrons. The minimum atomic E-state index is -0.484. The molecule has 0 spiro atoms. The molecule has 100 valence electrons. The highest BCUT2D eigenvalue weighted by Gasteiger charge is 2.16. The Morgan fingerprint density at radius 2 is 2.00 bits per heavy atom. The standard InChI is InChI=1S/C14H21FN2O/c1-10(2)13(16)8-9-17(3)14(18)11-6-4-5-7-12(11)15/h4-7,10,13H,8-9,16H2,1-3H3. The number of hydrogen-bond acceptors (Lipinski definition) is 2. The molecular weight excluding hydrogens is 231 g/mol. The van der Waals surface area contributed by atoms with Crippen molar-refractivity contribution in [2.75, 3.05) is 13.6 Å². The molecule has 0 aromatic heterocycles. The Morgan fingerprint density at radius 1 is 1.39 bits per heavy atom. The van der Waals surface area contributed by atoms with Crippen LogP contribution in [-0.2, 0) is 0 Å². The molecule has 0 fully saturated rings. The smallest absolute Gasteiger partial charge is 0.256 e. The molecule has 18 heavy (non-hydrogen) atoms. The number of rotatable bonds is 5. The largest absolute Gasteiger partial charge is 0.342 e. The summed E-state index contributed by atoms with van der Waals surface area (Å²) in [4.78, 5) is 13.5. The highest BCUT2D eigenvalue weighted by Crippen LogP contribution is 2.10. The van der Waals surface area contributed by atoms with Crippen LogP contribution >= 0.6 is 0 Å². The number of benzene rings is 1. The third kappa shape index (κ3) is 3.81. The Labute approximate surface area is 108 Å². The molecular formula is C14H21FN2O. The van der Waals surface area contributed by atoms with Crippen LogP contribution < -0.4 is 5.73 Å². The van der Waals surface area contributed by atoms with Gasteiger partial charge in [0.25, 0.3) is 5.91 Å². The van der Waals surface area contributed by atoms with Gasteiger partial charge in [-0.2, -0.15) is 0 Å². The fourth-order valence-electron chi connectivity index (χ4n) is 1.62. The van der Waals surface area contributed by atoms with Crippen LogP contribution in [0.4, 0.5) is 4.39 Å². The van der Waals surface area contributed by atoms with Gasteiger partial charge < -0.3 is 10.6 Å². The van der Waals surface area contributed by atoms with Crippen molar-refractivity contribution in [2.45, 2.75) is 26.3 Å². The zero-order chi connectivity index (χ0) is 13.7. The van der Waals surface area contributed by atoms with Crippen molar-refractivity contribution in [3.05, 3.63) is 35.6 Å². The Morgan fingerprint density at radius 3 is 2.56 bits per heavy atom. The summed E-state index contributed by atoms with van der Waals surface area (Å²) >= 11 is 0. The fourth-order valence-corrected chi connectivity index (χ4v) is 1.62. The van der Waals surface area contributed by atoms with Gasteiger partial charge in [-0.25, -0.2) is 4.39 Å². The molecule has 1 rings (SSSR count). The summed E-state index contributed by atoms with van der Waals surface area (Å²) in [5, 5.41) is 0. The summed E-state index contributed by atoms with van der Waals surface area (Å²) in [6.07, 6.45) is 0.717. The van der Waals surface area contributed by atoms with E-state index in [2.05, 4.69) is 0 Å². The van der Waals surface area contributed by atoms with E-state index < -0.39 is 5.82 Å². The first-order valence-corrected chi connectivity index (χ1v) is 6.19. The monoisotopic (exact) mass is 252 g/mol. The maximum atomic E-state index is 13.5. The molecule has 0 heterocycles. The molecule has 1 aromatic carbocycles. The van der Waals surface area contributed by atoms with Gasteiger partial charge in [-0.15, -0.1) is 0 Å². The van der Waals surface area contributed by atoms with Gasteiger partial charge in [0.2, 0.25) is 0 Å². The van der Waals surface area contributed by atoms with Crippen molar-refractivity contribution in [1.29, 1.82) is 0 Å². The van der Waals surface area contributed by atoms with Crippen LogP contribution in [-0.4, -0.2) is 30.4 Å². The Kier molecular flexibility index (Phi) is 5.28. The molecule has 0 saturated heterocycles. The predicted molar refractivity (Wildman–Crippen MR) is 70.8 cm³/mol. The minimum Gasteiger partial charge on any atom is -0.342 e. The quantitative estimate of drug-likeness (QED) is 0.873. The lowest BCUT2D eigenvalue weighted by atomic mass is 10.0. The first kappa shape index (κ1) is 14.6. The summed E-state index contributed by atoms with van der Waals surface area (Å²) in [6.45, 7) is 4.62. The van der Waals surface area contributed by atoms with Gasteiger partial charge in [0.05, 0.1) is 5.56 Å². The number of hydrogen-bond donors (Lipinski definition) is 1. The second kappa shape index (κ2) is 6.50. The van der Waals surface area contributed by atoms with Gasteiger partial charge in [0.15, 0.2) is 0 Å². The van der Waals surface area contributed by atoms with Gasteiger partial charge in [-0.3, -0.25) is 4.79 Å². The Hall–Kier alpha value is -1.42. The van der Waals surface area contributed by atoms with Crippen molar-refractivity contribution in [3.63, 3.8) is 0 Å². The molecule has 0 aliphatic carbocycles. The SMILES string of the molecule is CC(C)C(N)CCN(C)C(=O)c1ccccc1F. The van der Waals surface area contributed by atoms with E-state index in [-0.39, 0.29) is 17.5 Å². The Bertz CT molecular complexity index is 407. The molecule has 0 aliphatic heterocycles. The summed E-state index contributed by atoms with van der Waals surface area (Å²) < 4.78 is 13.5. The summed E-state index contributed by atoms with van der Waals surface area (Å²) in [5.41, 5.74) is 6.03. The zero-order valence-corrected chi connectivity index (χ0v) is 11.2. The van der Waals surface area contributed by atoms with Crippen molar-refractivity contribution in [3.8, 4) is 0 Å². The molecule has 2 N–H and O–H groups in total. The number of carbonyl (C=O) groups is 1. The number of amides is 1. The van der Waals surface area contributed by atoms with Crippen molar-refractivity contribution in [1.82, 2.24) is 4.90 Å². The minimum absolute atomic E-state index is 0.0564. The molecule has 4 heteroatoms. The first-order chi connectivity index (χ1) is 8.43. The van der Waals surface area contributed by atoms with E-state index in [0.717, 1.165) is 0 Å². The van der Waals surface area contributed by atoms with E-state index in [9.17, 15) is 9.18 Å². The van der Waals surface area contributed by atoms with Gasteiger partial charge in [-0.05, 0) is 24.5 Å². The normalized spacial score (nSPS) is 12.6. The summed E-state index contributed by atoms with van der Waals surface area (Å²) in [6, 6.07) is 6.07. The van der Waals surface area contributed by atoms with Crippen molar-refractivity contribution >= 4 is 5.91 Å². The molecule has 1 amide bonds. The van der Waals surface area contributed by atoms with E-state index in [1.54, 1.807) is 19.2 Å². The highest BCUT2D eigenvalue weighted by atomic mass is 19.1. The number of nitrogens with two attached hydrogens (primary N) is 1. The molecule has 0 saturated carbocycles. The van der Waals surface area contributed by atoms with Crippen LogP contribution in [0.15, 0.2) is 24.3 Å². The number of carbonyl (C=O) groups excluding carboxylic acids is 1. The average molecular weight is 252 g/mol. The number of halogens is 1. The molecule has 1 atom stereocenters. The lowest BCUT2D eigenvalue weighted by molar-refractivity contribution is 0.0784. The van der Waals surface area contributed by atoms with Crippen molar-refractivity contribution < 1.29 is 9.18 Å². The van der Waals surface area contributed by atoms with Gasteiger partial charge in [0.1, 0.15) is 5.82 Å². The van der Waals surface area contributed by atoms with Crippen LogP contribution in [0, 0.1) is 11.7 Å². The van der Waals surface area contributed by atoms with Crippen LogP contribution in [0.1, 0.15) is 30.6 Å². The summed E-state index contributed by atoms with van der Waals surface area (Å²) in [5.74, 6) is -0.409. The van der Waals surface area contributed by atoms with Gasteiger partial charge in [-0.1, -0.05) is 26.0 Å². The molecule has 0 bridgehead atoms. The van der Waals surface area contributed by atoms with E-state index in [4.69, 9.17) is 5.73 Å². The van der Waals surface area contributed by atoms with Crippen molar-refractivity contribution in [2.24, 2.45) is 11.7 Å². The third-order valence-corrected chi connectivity index (χ3v) is 3.11. The lowest BCUT2D eigenvalue weighted by Crippen LogP contribution is -2.35. The molecule has 1 aromatic rings. The molecule has 0 aliphatic rings. The van der Waals surface area contributed by atoms with Crippen LogP contribution in [0.2, 0.25) is 0 Å². The van der Waals surface area contributed by atoms with Gasteiger partial charge in [0, 0.05) is 19.6 Å². The lowest BCUT2D eigenvalue weighted by Gasteiger charge is -2.21. The van der Waals surface area contributed by atoms with Crippen LogP contribution in [0.25, 0.3) is 0 Å². The second-order valence-corrected chi connectivity index (χ2v) is 4.90. The van der Waals surface area contributed by atoms with E-state index in [1.807, 2.05) is 13.8 Å². The third-order valence-electron chi connectivity index (χ3n) is 3.11. The van der Waals surface area contributed by atoms with Crippen LogP contribution in [0.3, 0.4) is 0 Å². The predicted octanol–water partition coefficient (Wildman–Crippen LogP) is 2.27. The Balaban J connectivity index is 2.60. The number of nitrogens with zero attached hydrogens (tertiary/aromatic N) is 1. The molecule has 3 nitrogen and oxygen atoms in total. The zero-order valence-electron chi connectivity index (χ0n) is 11.2. The first-order valence-electron chi connectivity index (χ1n) is 6.19. The van der Waals surface area contributed by atoms with Gasteiger partial charge >= 0.3 is 0 Å². The fraction of sp³-hybridized carbons (Fsp3) is 0.500. The summed E-state index contributed by atoms with van der Waals surface area (Å²) in [7, 11) is 1.67. The van der Waals surface area contributed by atoms with E-state index in [1.165, 1.54) is 17.0 Å².